The van der Waals surface area contributed by atoms with E-state index in [9.17, 15) is 4.79 Å². The van der Waals surface area contributed by atoms with Gasteiger partial charge in [0, 0.05) is 29.1 Å². The van der Waals surface area contributed by atoms with Crippen LogP contribution in [-0.2, 0) is 17.8 Å². The van der Waals surface area contributed by atoms with Crippen molar-refractivity contribution >= 4 is 29.1 Å². The second-order valence-electron chi connectivity index (χ2n) is 6.51. The number of carbonyl (C=O) groups is 1. The Labute approximate surface area is 153 Å². The molecule has 2 aromatic rings. The molecule has 4 heteroatoms. The Morgan fingerprint density at radius 2 is 1.83 bits per heavy atom. The summed E-state index contributed by atoms with van der Waals surface area (Å²) in [4.78, 5) is 14.6. The summed E-state index contributed by atoms with van der Waals surface area (Å²) in [6, 6.07) is 13.9. The quantitative estimate of drug-likeness (QED) is 0.684. The van der Waals surface area contributed by atoms with Crippen LogP contribution in [0, 0.1) is 12.8 Å². The molecule has 0 saturated heterocycles. The lowest BCUT2D eigenvalue weighted by atomic mass is 10.1. The molecule has 1 saturated carbocycles. The predicted octanol–water partition coefficient (Wildman–Crippen LogP) is 5.28. The number of amides is 1. The van der Waals surface area contributed by atoms with Crippen LogP contribution in [0.3, 0.4) is 0 Å². The lowest BCUT2D eigenvalue weighted by molar-refractivity contribution is -0.133. The van der Waals surface area contributed by atoms with Crippen LogP contribution in [0.5, 0.6) is 0 Å². The van der Waals surface area contributed by atoms with E-state index in [0.717, 1.165) is 30.4 Å². The molecule has 0 radical (unpaired) electrons. The molecule has 3 rings (SSSR count). The van der Waals surface area contributed by atoms with Gasteiger partial charge in [-0.3, -0.25) is 4.79 Å². The molecule has 1 fully saturated rings. The van der Waals surface area contributed by atoms with Gasteiger partial charge < -0.3 is 4.90 Å². The zero-order valence-electron chi connectivity index (χ0n) is 13.8. The van der Waals surface area contributed by atoms with Gasteiger partial charge in [0.15, 0.2) is 0 Å². The first-order valence-corrected chi connectivity index (χ1v) is 9.07. The van der Waals surface area contributed by atoms with Crippen LogP contribution >= 0.6 is 23.2 Å². The van der Waals surface area contributed by atoms with Crippen molar-refractivity contribution in [1.82, 2.24) is 4.90 Å². The van der Waals surface area contributed by atoms with Gasteiger partial charge in [-0.2, -0.15) is 0 Å². The third-order valence-corrected chi connectivity index (χ3v) is 4.99. The highest BCUT2D eigenvalue weighted by molar-refractivity contribution is 6.35. The fraction of sp³-hybridized carbons (Fsp3) is 0.350. The van der Waals surface area contributed by atoms with Gasteiger partial charge in [-0.05, 0) is 49.4 Å². The molecule has 0 heterocycles. The van der Waals surface area contributed by atoms with E-state index in [0.29, 0.717) is 23.1 Å². The highest BCUT2D eigenvalue weighted by atomic mass is 35.5. The van der Waals surface area contributed by atoms with Crippen molar-refractivity contribution < 1.29 is 4.79 Å². The van der Waals surface area contributed by atoms with Crippen LogP contribution in [-0.4, -0.2) is 17.4 Å². The normalized spacial score (nSPS) is 13.8. The third-order valence-electron chi connectivity index (χ3n) is 4.40. The molecule has 0 unspecified atom stereocenters. The summed E-state index contributed by atoms with van der Waals surface area (Å²) in [5.41, 5.74) is 3.42. The Balaban J connectivity index is 1.70. The van der Waals surface area contributed by atoms with Crippen LogP contribution in [0.2, 0.25) is 10.0 Å². The Morgan fingerprint density at radius 1 is 1.12 bits per heavy atom. The fourth-order valence-electron chi connectivity index (χ4n) is 2.75. The van der Waals surface area contributed by atoms with Gasteiger partial charge in [0.1, 0.15) is 0 Å². The maximum absolute atomic E-state index is 12.6. The molecule has 0 atom stereocenters. The average molecular weight is 362 g/mol. The first-order chi connectivity index (χ1) is 11.5. The molecular weight excluding hydrogens is 341 g/mol. The number of nitrogens with zero attached hydrogens (tertiary/aromatic N) is 1. The Kier molecular flexibility index (Phi) is 5.47. The zero-order chi connectivity index (χ0) is 17.1. The summed E-state index contributed by atoms with van der Waals surface area (Å²) in [6.45, 7) is 3.39. The van der Waals surface area contributed by atoms with Gasteiger partial charge in [-0.1, -0.05) is 59.1 Å². The molecule has 2 nitrogen and oxygen atoms in total. The van der Waals surface area contributed by atoms with Crippen LogP contribution in [0.15, 0.2) is 42.5 Å². The number of rotatable bonds is 6. The second-order valence-corrected chi connectivity index (χ2v) is 7.35. The van der Waals surface area contributed by atoms with Crippen molar-refractivity contribution in [2.24, 2.45) is 5.92 Å². The summed E-state index contributed by atoms with van der Waals surface area (Å²) < 4.78 is 0. The number of halogens is 2. The van der Waals surface area contributed by atoms with Crippen molar-refractivity contribution in [3.63, 3.8) is 0 Å². The monoisotopic (exact) mass is 361 g/mol. The predicted molar refractivity (Wildman–Crippen MR) is 99.5 cm³/mol. The Bertz CT molecular complexity index is 723. The van der Waals surface area contributed by atoms with Crippen LogP contribution in [0.25, 0.3) is 0 Å². The fourth-order valence-corrected chi connectivity index (χ4v) is 3.25. The zero-order valence-corrected chi connectivity index (χ0v) is 15.3. The van der Waals surface area contributed by atoms with Crippen LogP contribution in [0.1, 0.15) is 29.5 Å². The topological polar surface area (TPSA) is 20.3 Å². The highest BCUT2D eigenvalue weighted by Crippen LogP contribution is 2.32. The van der Waals surface area contributed by atoms with Gasteiger partial charge in [-0.15, -0.1) is 0 Å². The summed E-state index contributed by atoms with van der Waals surface area (Å²) in [5.74, 6) is 0.483. The van der Waals surface area contributed by atoms with Gasteiger partial charge in [0.25, 0.3) is 0 Å². The Hall–Kier alpha value is -1.51. The number of aryl methyl sites for hydroxylation is 1. The molecule has 1 aliphatic rings. The number of hydrogen-bond acceptors (Lipinski definition) is 1. The van der Waals surface area contributed by atoms with E-state index in [1.807, 2.05) is 17.0 Å². The molecule has 1 aliphatic carbocycles. The Morgan fingerprint density at radius 3 is 2.46 bits per heavy atom. The first-order valence-electron chi connectivity index (χ1n) is 8.31. The number of hydrogen-bond donors (Lipinski definition) is 0. The van der Waals surface area contributed by atoms with Gasteiger partial charge >= 0.3 is 0 Å². The van der Waals surface area contributed by atoms with Gasteiger partial charge in [-0.25, -0.2) is 0 Å². The molecule has 24 heavy (non-hydrogen) atoms. The summed E-state index contributed by atoms with van der Waals surface area (Å²) >= 11 is 12.2. The molecule has 126 valence electrons. The standard InChI is InChI=1S/C20H21Cl2NO/c1-14-2-4-15(5-3-14)13-23(20(24)17-6-7-17)11-10-16-8-9-18(21)12-19(16)22/h2-5,8-9,12,17H,6-7,10-11,13H2,1H3. The minimum absolute atomic E-state index is 0.219. The van der Waals surface area contributed by atoms with Crippen LogP contribution in [0.4, 0.5) is 0 Å². The molecule has 1 amide bonds. The third kappa shape index (κ3) is 4.52. The first kappa shape index (κ1) is 17.3. The molecule has 2 aromatic carbocycles. The van der Waals surface area contributed by atoms with E-state index in [-0.39, 0.29) is 11.8 Å². The summed E-state index contributed by atoms with van der Waals surface area (Å²) in [7, 11) is 0. The maximum atomic E-state index is 12.6. The second kappa shape index (κ2) is 7.58. The molecule has 0 bridgehead atoms. The molecule has 0 spiro atoms. The lowest BCUT2D eigenvalue weighted by Crippen LogP contribution is -2.33. The van der Waals surface area contributed by atoms with E-state index < -0.39 is 0 Å². The average Bonchev–Trinajstić information content (AvgIpc) is 3.39. The maximum Gasteiger partial charge on any atom is 0.225 e. The van der Waals surface area contributed by atoms with Crippen molar-refractivity contribution in [2.45, 2.75) is 32.7 Å². The minimum atomic E-state index is 0.219. The molecule has 0 aliphatic heterocycles. The SMILES string of the molecule is Cc1ccc(CN(CCc2ccc(Cl)cc2Cl)C(=O)C2CC2)cc1. The van der Waals surface area contributed by atoms with Crippen molar-refractivity contribution in [3.05, 3.63) is 69.2 Å². The van der Waals surface area contributed by atoms with E-state index in [4.69, 9.17) is 23.2 Å². The number of carbonyl (C=O) groups excluding carboxylic acids is 1. The van der Waals surface area contributed by atoms with Gasteiger partial charge in [0.2, 0.25) is 5.91 Å². The summed E-state index contributed by atoms with van der Waals surface area (Å²) in [5, 5.41) is 1.30. The van der Waals surface area contributed by atoms with Crippen molar-refractivity contribution in [1.29, 1.82) is 0 Å². The van der Waals surface area contributed by atoms with E-state index in [1.165, 1.54) is 5.56 Å². The van der Waals surface area contributed by atoms with Gasteiger partial charge in [0.05, 0.1) is 0 Å². The smallest absolute Gasteiger partial charge is 0.225 e. The van der Waals surface area contributed by atoms with Crippen LogP contribution < -0.4 is 0 Å². The number of benzene rings is 2. The molecular formula is C20H21Cl2NO. The largest absolute Gasteiger partial charge is 0.338 e. The van der Waals surface area contributed by atoms with E-state index in [2.05, 4.69) is 31.2 Å². The van der Waals surface area contributed by atoms with E-state index in [1.54, 1.807) is 6.07 Å². The van der Waals surface area contributed by atoms with E-state index >= 15 is 0 Å². The molecule has 0 aromatic heterocycles. The highest BCUT2D eigenvalue weighted by Gasteiger charge is 2.33. The van der Waals surface area contributed by atoms with Crippen molar-refractivity contribution in [3.8, 4) is 0 Å². The molecule has 0 N–H and O–H groups in total. The lowest BCUT2D eigenvalue weighted by Gasteiger charge is -2.23. The van der Waals surface area contributed by atoms with Crippen molar-refractivity contribution in [2.75, 3.05) is 6.54 Å². The minimum Gasteiger partial charge on any atom is -0.338 e. The summed E-state index contributed by atoms with van der Waals surface area (Å²) in [6.07, 6.45) is 2.77.